The molecule has 0 spiro atoms. The molecule has 39 heavy (non-hydrogen) atoms. The lowest BCUT2D eigenvalue weighted by molar-refractivity contribution is -0.116. The monoisotopic (exact) mass is 543 g/mol. The average Bonchev–Trinajstić information content (AvgIpc) is 3.29. The van der Waals surface area contributed by atoms with Crippen molar-refractivity contribution in [3.05, 3.63) is 59.7 Å². The van der Waals surface area contributed by atoms with Crippen molar-refractivity contribution in [1.82, 2.24) is 14.9 Å². The zero-order valence-corrected chi connectivity index (χ0v) is 21.5. The molecule has 2 unspecified atom stereocenters. The van der Waals surface area contributed by atoms with E-state index in [0.717, 1.165) is 13.1 Å². The highest BCUT2D eigenvalue weighted by Gasteiger charge is 2.35. The van der Waals surface area contributed by atoms with Gasteiger partial charge in [0, 0.05) is 42.9 Å². The second-order valence-electron chi connectivity index (χ2n) is 9.23. The van der Waals surface area contributed by atoms with Gasteiger partial charge in [-0.15, -0.1) is 0 Å². The van der Waals surface area contributed by atoms with Crippen LogP contribution in [0.2, 0.25) is 5.02 Å². The molecule has 0 bridgehead atoms. The average molecular weight is 543 g/mol. The van der Waals surface area contributed by atoms with Crippen LogP contribution in [0.1, 0.15) is 0 Å². The van der Waals surface area contributed by atoms with E-state index in [9.17, 15) is 9.18 Å². The second kappa shape index (κ2) is 11.6. The third-order valence-electron chi connectivity index (χ3n) is 6.13. The lowest BCUT2D eigenvalue weighted by atomic mass is 9.52. The van der Waals surface area contributed by atoms with Crippen LogP contribution in [0.3, 0.4) is 0 Å². The van der Waals surface area contributed by atoms with Crippen molar-refractivity contribution in [3.8, 4) is 5.75 Å². The van der Waals surface area contributed by atoms with Crippen molar-refractivity contribution in [3.63, 3.8) is 0 Å². The van der Waals surface area contributed by atoms with Crippen LogP contribution < -0.4 is 15.4 Å². The van der Waals surface area contributed by atoms with E-state index in [-0.39, 0.29) is 28.7 Å². The summed E-state index contributed by atoms with van der Waals surface area (Å²) in [6.45, 7) is 3.21. The van der Waals surface area contributed by atoms with E-state index in [0.29, 0.717) is 42.2 Å². The molecule has 6 radical (unpaired) electrons. The highest BCUT2D eigenvalue weighted by Crippen LogP contribution is 2.34. The SMILES string of the molecule is [B]C([B])([B])Oc1cc2ncnc(Nc3ccc(F)c(Cl)c3)c2cc1NC(=O)/C=C/CN1CC2OCCOC2C1. The zero-order valence-electron chi connectivity index (χ0n) is 20.8. The van der Waals surface area contributed by atoms with Gasteiger partial charge in [-0.1, -0.05) is 17.7 Å². The van der Waals surface area contributed by atoms with E-state index in [2.05, 4.69) is 25.5 Å². The van der Waals surface area contributed by atoms with E-state index in [1.54, 1.807) is 12.1 Å². The summed E-state index contributed by atoms with van der Waals surface area (Å²) in [6.07, 6.45) is 4.60. The number of ether oxygens (including phenoxy) is 3. The van der Waals surface area contributed by atoms with Crippen LogP contribution in [0.25, 0.3) is 10.9 Å². The molecular weight excluding hydrogens is 521 g/mol. The Morgan fingerprint density at radius 1 is 1.18 bits per heavy atom. The van der Waals surface area contributed by atoms with Crippen molar-refractivity contribution < 1.29 is 23.4 Å². The Bertz CT molecular complexity index is 1400. The fraction of sp³-hybridized carbons (Fsp3) is 0.320. The summed E-state index contributed by atoms with van der Waals surface area (Å²) >= 11 is 5.91. The van der Waals surface area contributed by atoms with E-state index in [1.807, 2.05) is 0 Å². The number of likely N-dealkylation sites (tertiary alicyclic amines) is 1. The number of anilines is 3. The van der Waals surface area contributed by atoms with Crippen molar-refractivity contribution in [1.29, 1.82) is 0 Å². The number of hydrogen-bond acceptors (Lipinski definition) is 8. The summed E-state index contributed by atoms with van der Waals surface area (Å²) < 4.78 is 30.6. The Labute approximate surface area is 233 Å². The van der Waals surface area contributed by atoms with E-state index >= 15 is 0 Å². The molecule has 14 heteroatoms. The number of hydrogen-bond donors (Lipinski definition) is 2. The first-order valence-electron chi connectivity index (χ1n) is 12.1. The van der Waals surface area contributed by atoms with Crippen molar-refractivity contribution >= 4 is 69.1 Å². The van der Waals surface area contributed by atoms with Gasteiger partial charge < -0.3 is 24.8 Å². The maximum absolute atomic E-state index is 13.6. The quantitative estimate of drug-likeness (QED) is 0.330. The Morgan fingerprint density at radius 3 is 2.62 bits per heavy atom. The minimum absolute atomic E-state index is 0.0493. The van der Waals surface area contributed by atoms with Crippen molar-refractivity contribution in [2.45, 2.75) is 17.5 Å². The standard InChI is InChI=1S/C25H22B3ClFN5O4/c26-25(27,28)39-20-10-18-15(24(32-13-31-18)33-14-3-4-17(30)16(29)8-14)9-19(20)34-23(36)2-1-5-35-11-21-22(12-35)38-7-6-37-21/h1-4,8-10,13,21-22H,5-7,11-12H2,(H,34,36)(H,31,32,33)/b2-1+. The van der Waals surface area contributed by atoms with Crippen molar-refractivity contribution in [2.75, 3.05) is 43.5 Å². The van der Waals surface area contributed by atoms with Gasteiger partial charge in [0.25, 0.3) is 0 Å². The van der Waals surface area contributed by atoms with Gasteiger partial charge in [0.1, 0.15) is 47.3 Å². The number of aromatic nitrogens is 2. The largest absolute Gasteiger partial charge is 0.514 e. The van der Waals surface area contributed by atoms with Crippen molar-refractivity contribution in [2.24, 2.45) is 0 Å². The normalized spacial score (nSPS) is 19.7. The third-order valence-corrected chi connectivity index (χ3v) is 6.42. The zero-order chi connectivity index (χ0) is 27.6. The molecule has 2 aliphatic heterocycles. The second-order valence-corrected chi connectivity index (χ2v) is 9.63. The molecule has 2 saturated heterocycles. The molecule has 2 fully saturated rings. The van der Waals surface area contributed by atoms with Gasteiger partial charge in [0.15, 0.2) is 0 Å². The highest BCUT2D eigenvalue weighted by atomic mass is 35.5. The maximum atomic E-state index is 13.6. The molecule has 0 saturated carbocycles. The molecule has 194 valence electrons. The predicted octanol–water partition coefficient (Wildman–Crippen LogP) is 2.26. The topological polar surface area (TPSA) is 97.8 Å². The number of carbonyl (C=O) groups excluding carboxylic acids is 1. The van der Waals surface area contributed by atoms with Gasteiger partial charge in [-0.2, -0.15) is 0 Å². The molecule has 3 aromatic rings. The summed E-state index contributed by atoms with van der Waals surface area (Å²) in [4.78, 5) is 23.5. The first-order valence-corrected chi connectivity index (χ1v) is 12.5. The number of nitrogens with zero attached hydrogens (tertiary/aromatic N) is 3. The number of halogens is 2. The number of rotatable bonds is 8. The minimum atomic E-state index is -2.02. The fourth-order valence-corrected chi connectivity index (χ4v) is 4.62. The molecular formula is C25H22B3ClFN5O4. The van der Waals surface area contributed by atoms with Crippen LogP contribution in [0.15, 0.2) is 48.8 Å². The van der Waals surface area contributed by atoms with Gasteiger partial charge in [0.2, 0.25) is 5.91 Å². The number of fused-ring (bicyclic) bond motifs is 2. The molecule has 9 nitrogen and oxygen atoms in total. The van der Waals surface area contributed by atoms with Gasteiger partial charge in [-0.3, -0.25) is 9.69 Å². The smallest absolute Gasteiger partial charge is 0.248 e. The van der Waals surface area contributed by atoms with E-state index in [4.69, 9.17) is 49.4 Å². The molecule has 5 rings (SSSR count). The Balaban J connectivity index is 1.36. The lowest BCUT2D eigenvalue weighted by Crippen LogP contribution is -2.37. The molecule has 3 heterocycles. The van der Waals surface area contributed by atoms with E-state index < -0.39 is 17.0 Å². The lowest BCUT2D eigenvalue weighted by Gasteiger charge is -2.25. The van der Waals surface area contributed by atoms with E-state index in [1.165, 1.54) is 36.7 Å². The van der Waals surface area contributed by atoms with Gasteiger partial charge in [0.05, 0.1) is 41.6 Å². The molecule has 1 aromatic heterocycles. The van der Waals surface area contributed by atoms with Crippen LogP contribution in [0.5, 0.6) is 5.75 Å². The van der Waals surface area contributed by atoms with Crippen LogP contribution >= 0.6 is 11.6 Å². The number of nitrogens with one attached hydrogen (secondary N) is 2. The number of carbonyl (C=O) groups is 1. The van der Waals surface area contributed by atoms with Crippen LogP contribution in [-0.2, 0) is 14.3 Å². The summed E-state index contributed by atoms with van der Waals surface area (Å²) in [6, 6.07) is 7.29. The molecule has 2 aromatic carbocycles. The number of benzene rings is 2. The Kier molecular flexibility index (Phi) is 8.13. The summed E-state index contributed by atoms with van der Waals surface area (Å²) in [5.74, 6) is -0.492. The highest BCUT2D eigenvalue weighted by molar-refractivity contribution is 6.58. The Hall–Kier alpha value is -3.12. The number of amides is 1. The molecule has 0 aliphatic carbocycles. The summed E-state index contributed by atoms with van der Waals surface area (Å²) in [5.41, 5.74) is 1.16. The Morgan fingerprint density at radius 2 is 1.92 bits per heavy atom. The van der Waals surface area contributed by atoms with Gasteiger partial charge in [-0.05, 0) is 29.6 Å². The molecule has 2 aliphatic rings. The summed E-state index contributed by atoms with van der Waals surface area (Å²) in [7, 11) is 17.0. The first-order chi connectivity index (χ1) is 18.6. The minimum Gasteiger partial charge on any atom is -0.514 e. The van der Waals surface area contributed by atoms with Gasteiger partial charge >= 0.3 is 0 Å². The summed E-state index contributed by atoms with van der Waals surface area (Å²) in [5, 5.41) is 4.30. The van der Waals surface area contributed by atoms with Gasteiger partial charge in [-0.25, -0.2) is 14.4 Å². The van der Waals surface area contributed by atoms with Crippen LogP contribution in [0, 0.1) is 5.82 Å². The third kappa shape index (κ3) is 6.91. The predicted molar refractivity (Wildman–Crippen MR) is 149 cm³/mol. The van der Waals surface area contributed by atoms with Crippen LogP contribution in [-0.4, -0.2) is 94.7 Å². The molecule has 2 atom stereocenters. The first kappa shape index (κ1) is 27.5. The van der Waals surface area contributed by atoms with Crippen LogP contribution in [0.4, 0.5) is 21.6 Å². The molecule has 2 N–H and O–H groups in total. The molecule has 1 amide bonds. The fourth-order valence-electron chi connectivity index (χ4n) is 4.44. The maximum Gasteiger partial charge on any atom is 0.248 e.